The Morgan fingerprint density at radius 2 is 2.08 bits per heavy atom. The Kier molecular flexibility index (Phi) is 10.3. The third kappa shape index (κ3) is 8.21. The highest BCUT2D eigenvalue weighted by Gasteiger charge is 2.26. The van der Waals surface area contributed by atoms with Gasteiger partial charge in [-0.3, -0.25) is 4.99 Å². The molecule has 0 aromatic carbocycles. The van der Waals surface area contributed by atoms with Crippen molar-refractivity contribution in [2.45, 2.75) is 39.4 Å². The summed E-state index contributed by atoms with van der Waals surface area (Å²) in [7, 11) is 1.47. The number of nitrogens with one attached hydrogen (secondary N) is 2. The van der Waals surface area contributed by atoms with Gasteiger partial charge in [-0.25, -0.2) is 9.78 Å². The second-order valence-electron chi connectivity index (χ2n) is 4.92. The van der Waals surface area contributed by atoms with Crippen LogP contribution in [-0.4, -0.2) is 43.3 Å². The number of carbonyl (C=O) groups is 1. The molecule has 2 N–H and O–H groups in total. The molecule has 0 spiro atoms. The Hall–Kier alpha value is -1.11. The number of aliphatic imine (C=N–C) groups is 1. The largest absolute Gasteiger partial charge is 0.462 e. The minimum absolute atomic E-state index is 0. The van der Waals surface area contributed by atoms with Gasteiger partial charge in [0, 0.05) is 13.6 Å². The maximum Gasteiger partial charge on any atom is 0.390 e. The van der Waals surface area contributed by atoms with Crippen molar-refractivity contribution in [3.8, 4) is 0 Å². The van der Waals surface area contributed by atoms with Gasteiger partial charge in [-0.15, -0.1) is 35.3 Å². The van der Waals surface area contributed by atoms with E-state index in [-0.39, 0.29) is 49.1 Å². The molecule has 1 aromatic heterocycles. The Bertz CT molecular complexity index is 593. The van der Waals surface area contributed by atoms with Gasteiger partial charge in [0.25, 0.3) is 0 Å². The monoisotopic (exact) mass is 494 g/mol. The molecule has 1 rings (SSSR count). The number of aromatic nitrogens is 1. The number of carbonyl (C=O) groups excluding carboxylic acids is 1. The van der Waals surface area contributed by atoms with Crippen LogP contribution in [0.3, 0.4) is 0 Å². The number of ether oxygens (including phenoxy) is 1. The predicted octanol–water partition coefficient (Wildman–Crippen LogP) is 3.42. The fourth-order valence-electron chi connectivity index (χ4n) is 1.77. The van der Waals surface area contributed by atoms with E-state index in [1.54, 1.807) is 20.8 Å². The summed E-state index contributed by atoms with van der Waals surface area (Å²) in [4.78, 5) is 20.4. The first-order chi connectivity index (χ1) is 11.2. The van der Waals surface area contributed by atoms with E-state index < -0.39 is 18.6 Å². The quantitative estimate of drug-likeness (QED) is 0.275. The zero-order chi connectivity index (χ0) is 18.3. The highest BCUT2D eigenvalue weighted by molar-refractivity contribution is 14.0. The molecule has 0 fully saturated rings. The van der Waals surface area contributed by atoms with E-state index in [4.69, 9.17) is 4.74 Å². The molecular weight excluding hydrogens is 472 g/mol. The number of aryl methyl sites for hydroxylation is 1. The van der Waals surface area contributed by atoms with Crippen LogP contribution in [0.15, 0.2) is 4.99 Å². The fraction of sp³-hybridized carbons (Fsp3) is 0.643. The molecule has 1 heterocycles. The number of guanidine groups is 1. The van der Waals surface area contributed by atoms with Gasteiger partial charge in [-0.2, -0.15) is 13.2 Å². The summed E-state index contributed by atoms with van der Waals surface area (Å²) in [6, 6.07) is -0.325. The van der Waals surface area contributed by atoms with Crippen molar-refractivity contribution in [1.82, 2.24) is 15.6 Å². The van der Waals surface area contributed by atoms with E-state index in [0.717, 1.165) is 0 Å². The topological polar surface area (TPSA) is 75.6 Å². The number of rotatable bonds is 6. The molecule has 11 heteroatoms. The van der Waals surface area contributed by atoms with Crippen LogP contribution in [0.2, 0.25) is 0 Å². The molecule has 144 valence electrons. The minimum atomic E-state index is -4.22. The lowest BCUT2D eigenvalue weighted by molar-refractivity contribution is -0.132. The van der Waals surface area contributed by atoms with Gasteiger partial charge >= 0.3 is 12.1 Å². The molecule has 0 aliphatic carbocycles. The van der Waals surface area contributed by atoms with Crippen LogP contribution < -0.4 is 10.6 Å². The molecule has 0 aliphatic heterocycles. The number of nitrogens with zero attached hydrogens (tertiary/aromatic N) is 2. The summed E-state index contributed by atoms with van der Waals surface area (Å²) in [6.45, 7) is 5.20. The maximum atomic E-state index is 12.2. The van der Waals surface area contributed by atoms with Crippen LogP contribution in [0, 0.1) is 6.92 Å². The van der Waals surface area contributed by atoms with Gasteiger partial charge < -0.3 is 15.4 Å². The van der Waals surface area contributed by atoms with Crippen molar-refractivity contribution in [2.24, 2.45) is 4.99 Å². The van der Waals surface area contributed by atoms with Crippen LogP contribution in [0.1, 0.15) is 46.7 Å². The fourth-order valence-corrected chi connectivity index (χ4v) is 2.74. The smallest absolute Gasteiger partial charge is 0.390 e. The summed E-state index contributed by atoms with van der Waals surface area (Å²) in [5, 5.41) is 6.16. The Balaban J connectivity index is 0.00000576. The predicted molar refractivity (Wildman–Crippen MR) is 102 cm³/mol. The highest BCUT2D eigenvalue weighted by Crippen LogP contribution is 2.24. The normalized spacial score (nSPS) is 13.0. The van der Waals surface area contributed by atoms with Crippen molar-refractivity contribution < 1.29 is 22.7 Å². The first-order valence-electron chi connectivity index (χ1n) is 7.36. The second-order valence-corrected chi connectivity index (χ2v) is 5.95. The van der Waals surface area contributed by atoms with Gasteiger partial charge in [-0.1, -0.05) is 0 Å². The molecule has 1 unspecified atom stereocenters. The van der Waals surface area contributed by atoms with Crippen molar-refractivity contribution in [1.29, 1.82) is 0 Å². The molecule has 25 heavy (non-hydrogen) atoms. The number of hydrogen-bond donors (Lipinski definition) is 2. The molecule has 0 bridgehead atoms. The van der Waals surface area contributed by atoms with Gasteiger partial charge in [0.05, 0.1) is 24.8 Å². The van der Waals surface area contributed by atoms with Crippen molar-refractivity contribution in [2.75, 3.05) is 20.2 Å². The Labute approximate surface area is 165 Å². The van der Waals surface area contributed by atoms with Gasteiger partial charge in [0.1, 0.15) is 9.88 Å². The van der Waals surface area contributed by atoms with E-state index in [2.05, 4.69) is 20.6 Å². The molecule has 6 nitrogen and oxygen atoms in total. The summed E-state index contributed by atoms with van der Waals surface area (Å²) < 4.78 is 41.5. The maximum absolute atomic E-state index is 12.2. The lowest BCUT2D eigenvalue weighted by atomic mass is 10.3. The first-order valence-corrected chi connectivity index (χ1v) is 8.18. The number of alkyl halides is 3. The van der Waals surface area contributed by atoms with Crippen molar-refractivity contribution in [3.05, 3.63) is 15.6 Å². The average Bonchev–Trinajstić information content (AvgIpc) is 2.87. The van der Waals surface area contributed by atoms with E-state index in [1.165, 1.54) is 18.4 Å². The van der Waals surface area contributed by atoms with Gasteiger partial charge in [0.2, 0.25) is 0 Å². The lowest BCUT2D eigenvalue weighted by Crippen LogP contribution is -2.40. The first kappa shape index (κ1) is 23.9. The highest BCUT2D eigenvalue weighted by atomic mass is 127. The van der Waals surface area contributed by atoms with Crippen LogP contribution in [0.25, 0.3) is 0 Å². The van der Waals surface area contributed by atoms with E-state index in [1.807, 2.05) is 0 Å². The van der Waals surface area contributed by atoms with Crippen LogP contribution in [-0.2, 0) is 4.74 Å². The zero-order valence-corrected chi connectivity index (χ0v) is 17.5. The minimum Gasteiger partial charge on any atom is -0.462 e. The lowest BCUT2D eigenvalue weighted by Gasteiger charge is -2.16. The van der Waals surface area contributed by atoms with Crippen molar-refractivity contribution >= 4 is 47.2 Å². The average molecular weight is 494 g/mol. The van der Waals surface area contributed by atoms with E-state index >= 15 is 0 Å². The van der Waals surface area contributed by atoms with Crippen molar-refractivity contribution in [3.63, 3.8) is 0 Å². The zero-order valence-electron chi connectivity index (χ0n) is 14.4. The summed E-state index contributed by atoms with van der Waals surface area (Å²) in [6.07, 6.45) is -5.18. The number of hydrogen-bond acceptors (Lipinski definition) is 5. The molecular formula is C14H22F3IN4O2S. The molecule has 1 aromatic rings. The summed E-state index contributed by atoms with van der Waals surface area (Å²) >= 11 is 1.19. The molecule has 0 radical (unpaired) electrons. The number of thiazole rings is 1. The van der Waals surface area contributed by atoms with Gasteiger partial charge in [0.15, 0.2) is 5.96 Å². The second kappa shape index (κ2) is 10.8. The molecule has 0 saturated carbocycles. The Morgan fingerprint density at radius 1 is 1.44 bits per heavy atom. The Morgan fingerprint density at radius 3 is 2.60 bits per heavy atom. The number of esters is 1. The van der Waals surface area contributed by atoms with Crippen LogP contribution in [0.4, 0.5) is 13.2 Å². The molecule has 0 amide bonds. The van der Waals surface area contributed by atoms with E-state index in [9.17, 15) is 18.0 Å². The third-order valence-electron chi connectivity index (χ3n) is 2.92. The summed E-state index contributed by atoms with van der Waals surface area (Å²) in [5.41, 5.74) is 0.558. The molecule has 1 atom stereocenters. The SMILES string of the molecule is CCOC(=O)c1sc(C(C)NC(=NC)NCCC(F)(F)F)nc1C.I. The summed E-state index contributed by atoms with van der Waals surface area (Å²) in [5.74, 6) is -0.198. The molecule has 0 saturated heterocycles. The van der Waals surface area contributed by atoms with Crippen LogP contribution in [0.5, 0.6) is 0 Å². The number of halogens is 4. The third-order valence-corrected chi connectivity index (χ3v) is 4.24. The standard InChI is InChI=1S/C14H21F3N4O2S.HI/c1-5-23-12(22)10-8(2)20-11(24-10)9(3)21-13(18-4)19-7-6-14(15,16)17;/h9H,5-7H2,1-4H3,(H2,18,19,21);1H. The molecule has 0 aliphatic rings. The van der Waals surface area contributed by atoms with Gasteiger partial charge in [-0.05, 0) is 20.8 Å². The van der Waals surface area contributed by atoms with Crippen LogP contribution >= 0.6 is 35.3 Å². The van der Waals surface area contributed by atoms with E-state index in [0.29, 0.717) is 15.6 Å².